The highest BCUT2D eigenvalue weighted by atomic mass is 35.5. The van der Waals surface area contributed by atoms with Crippen molar-refractivity contribution in [1.82, 2.24) is 0 Å². The topological polar surface area (TPSA) is 23.5 Å². The molecule has 0 saturated heterocycles. The van der Waals surface area contributed by atoms with Gasteiger partial charge in [-0.2, -0.15) is 0 Å². The van der Waals surface area contributed by atoms with Gasteiger partial charge in [-0.05, 0) is 31.5 Å². The quantitative estimate of drug-likeness (QED) is 0.907. The summed E-state index contributed by atoms with van der Waals surface area (Å²) < 4.78 is 0. The van der Waals surface area contributed by atoms with Crippen LogP contribution in [-0.2, 0) is 6.61 Å². The van der Waals surface area contributed by atoms with Gasteiger partial charge in [-0.15, -0.1) is 0 Å². The normalized spacial score (nSPS) is 10.6. The van der Waals surface area contributed by atoms with E-state index in [2.05, 4.69) is 32.0 Å². The van der Waals surface area contributed by atoms with Crippen LogP contribution in [0.3, 0.4) is 0 Å². The summed E-state index contributed by atoms with van der Waals surface area (Å²) in [7, 11) is 1.97. The molecule has 0 bridgehead atoms. The summed E-state index contributed by atoms with van der Waals surface area (Å²) in [5, 5.41) is 10.1. The van der Waals surface area contributed by atoms with Crippen LogP contribution in [0, 0.1) is 13.8 Å². The van der Waals surface area contributed by atoms with Crippen molar-refractivity contribution >= 4 is 23.0 Å². The Morgan fingerprint density at radius 2 is 1.89 bits per heavy atom. The lowest BCUT2D eigenvalue weighted by Gasteiger charge is -2.25. The summed E-state index contributed by atoms with van der Waals surface area (Å²) in [5.41, 5.74) is 5.20. The Morgan fingerprint density at radius 1 is 1.16 bits per heavy atom. The summed E-state index contributed by atoms with van der Waals surface area (Å²) in [6, 6.07) is 11.9. The molecule has 3 heteroatoms. The zero-order chi connectivity index (χ0) is 14.0. The molecule has 0 unspecified atom stereocenters. The maximum atomic E-state index is 9.47. The predicted molar refractivity (Wildman–Crippen MR) is 81.4 cm³/mol. The number of anilines is 2. The molecule has 0 heterocycles. The molecule has 0 aromatic heterocycles. The molecule has 2 aromatic carbocycles. The second kappa shape index (κ2) is 5.64. The van der Waals surface area contributed by atoms with Crippen molar-refractivity contribution in [3.05, 3.63) is 58.1 Å². The first-order chi connectivity index (χ1) is 9.04. The second-order valence-electron chi connectivity index (χ2n) is 4.75. The first-order valence-corrected chi connectivity index (χ1v) is 6.61. The van der Waals surface area contributed by atoms with Gasteiger partial charge < -0.3 is 10.0 Å². The highest BCUT2D eigenvalue weighted by molar-refractivity contribution is 6.33. The van der Waals surface area contributed by atoms with Crippen LogP contribution < -0.4 is 4.90 Å². The van der Waals surface area contributed by atoms with Gasteiger partial charge in [0.15, 0.2) is 0 Å². The Morgan fingerprint density at radius 3 is 2.53 bits per heavy atom. The standard InChI is InChI=1S/C16H18ClNO/c1-11-7-8-15(12(2)9-11)18(3)16-13(10-19)5-4-6-14(16)17/h4-9,19H,10H2,1-3H3. The number of para-hydroxylation sites is 1. The molecular weight excluding hydrogens is 258 g/mol. The number of halogens is 1. The molecule has 0 fully saturated rings. The van der Waals surface area contributed by atoms with E-state index in [4.69, 9.17) is 11.6 Å². The smallest absolute Gasteiger partial charge is 0.0702 e. The molecular formula is C16H18ClNO. The van der Waals surface area contributed by atoms with Gasteiger partial charge in [0, 0.05) is 18.3 Å². The molecule has 100 valence electrons. The van der Waals surface area contributed by atoms with Gasteiger partial charge in [-0.3, -0.25) is 0 Å². The Labute approximate surface area is 119 Å². The van der Waals surface area contributed by atoms with Crippen molar-refractivity contribution in [1.29, 1.82) is 0 Å². The number of nitrogens with zero attached hydrogens (tertiary/aromatic N) is 1. The summed E-state index contributed by atoms with van der Waals surface area (Å²) in [5.74, 6) is 0. The van der Waals surface area contributed by atoms with E-state index < -0.39 is 0 Å². The van der Waals surface area contributed by atoms with E-state index >= 15 is 0 Å². The van der Waals surface area contributed by atoms with Gasteiger partial charge in [-0.25, -0.2) is 0 Å². The van der Waals surface area contributed by atoms with Gasteiger partial charge in [-0.1, -0.05) is 41.4 Å². The van der Waals surface area contributed by atoms with Crippen molar-refractivity contribution in [3.8, 4) is 0 Å². The lowest BCUT2D eigenvalue weighted by molar-refractivity contribution is 0.282. The average Bonchev–Trinajstić information content (AvgIpc) is 2.37. The van der Waals surface area contributed by atoms with Crippen molar-refractivity contribution < 1.29 is 5.11 Å². The Hall–Kier alpha value is -1.51. The molecule has 0 amide bonds. The molecule has 0 spiro atoms. The molecule has 0 radical (unpaired) electrons. The third kappa shape index (κ3) is 2.75. The SMILES string of the molecule is Cc1ccc(N(C)c2c(Cl)cccc2CO)c(C)c1. The third-order valence-corrected chi connectivity index (χ3v) is 3.59. The average molecular weight is 276 g/mol. The number of aliphatic hydroxyl groups is 1. The number of aryl methyl sites for hydroxylation is 2. The second-order valence-corrected chi connectivity index (χ2v) is 5.16. The summed E-state index contributed by atoms with van der Waals surface area (Å²) >= 11 is 6.28. The molecule has 0 saturated carbocycles. The number of hydrogen-bond donors (Lipinski definition) is 1. The fraction of sp³-hybridized carbons (Fsp3) is 0.250. The molecule has 0 aliphatic rings. The molecule has 2 nitrogen and oxygen atoms in total. The van der Waals surface area contributed by atoms with Crippen molar-refractivity contribution in [2.75, 3.05) is 11.9 Å². The first kappa shape index (κ1) is 13.9. The van der Waals surface area contributed by atoms with Gasteiger partial charge >= 0.3 is 0 Å². The lowest BCUT2D eigenvalue weighted by atomic mass is 10.1. The van der Waals surface area contributed by atoms with Crippen molar-refractivity contribution in [2.24, 2.45) is 0 Å². The molecule has 1 N–H and O–H groups in total. The van der Waals surface area contributed by atoms with Crippen LogP contribution in [0.5, 0.6) is 0 Å². The van der Waals surface area contributed by atoms with Gasteiger partial charge in [0.1, 0.15) is 0 Å². The van der Waals surface area contributed by atoms with E-state index in [-0.39, 0.29) is 6.61 Å². The Bertz CT molecular complexity index is 595. The van der Waals surface area contributed by atoms with Crippen molar-refractivity contribution in [3.63, 3.8) is 0 Å². The van der Waals surface area contributed by atoms with Gasteiger partial charge in [0.2, 0.25) is 0 Å². The fourth-order valence-electron chi connectivity index (χ4n) is 2.37. The molecule has 0 aliphatic heterocycles. The van der Waals surface area contributed by atoms with E-state index in [1.807, 2.05) is 30.1 Å². The van der Waals surface area contributed by atoms with Crippen LogP contribution in [0.25, 0.3) is 0 Å². The number of rotatable bonds is 3. The van der Waals surface area contributed by atoms with Crippen LogP contribution >= 0.6 is 11.6 Å². The molecule has 2 aromatic rings. The minimum atomic E-state index is -0.0227. The number of aliphatic hydroxyl groups excluding tert-OH is 1. The third-order valence-electron chi connectivity index (χ3n) is 3.29. The van der Waals surface area contributed by atoms with Crippen molar-refractivity contribution in [2.45, 2.75) is 20.5 Å². The summed E-state index contributed by atoms with van der Waals surface area (Å²) in [6.07, 6.45) is 0. The zero-order valence-corrected chi connectivity index (χ0v) is 12.2. The van der Waals surface area contributed by atoms with Crippen LogP contribution in [0.1, 0.15) is 16.7 Å². The van der Waals surface area contributed by atoms with E-state index in [0.717, 1.165) is 16.9 Å². The van der Waals surface area contributed by atoms with Crippen LogP contribution in [-0.4, -0.2) is 12.2 Å². The highest BCUT2D eigenvalue weighted by Crippen LogP contribution is 2.35. The van der Waals surface area contributed by atoms with Crippen LogP contribution in [0.4, 0.5) is 11.4 Å². The molecule has 0 aliphatic carbocycles. The van der Waals surface area contributed by atoms with E-state index in [1.165, 1.54) is 11.1 Å². The Balaban J connectivity index is 2.52. The summed E-state index contributed by atoms with van der Waals surface area (Å²) in [6.45, 7) is 4.13. The monoisotopic (exact) mass is 275 g/mol. The number of hydrogen-bond acceptors (Lipinski definition) is 2. The van der Waals surface area contributed by atoms with Gasteiger partial charge in [0.25, 0.3) is 0 Å². The van der Waals surface area contributed by atoms with E-state index in [9.17, 15) is 5.11 Å². The maximum absolute atomic E-state index is 9.47. The molecule has 0 atom stereocenters. The minimum absolute atomic E-state index is 0.0227. The summed E-state index contributed by atoms with van der Waals surface area (Å²) in [4.78, 5) is 2.03. The zero-order valence-electron chi connectivity index (χ0n) is 11.4. The first-order valence-electron chi connectivity index (χ1n) is 6.24. The van der Waals surface area contributed by atoms with Crippen LogP contribution in [0.2, 0.25) is 5.02 Å². The largest absolute Gasteiger partial charge is 0.392 e. The maximum Gasteiger partial charge on any atom is 0.0702 e. The minimum Gasteiger partial charge on any atom is -0.392 e. The van der Waals surface area contributed by atoms with E-state index in [1.54, 1.807) is 0 Å². The molecule has 2 rings (SSSR count). The predicted octanol–water partition coefficient (Wildman–Crippen LogP) is 4.22. The van der Waals surface area contributed by atoms with Crippen LogP contribution in [0.15, 0.2) is 36.4 Å². The van der Waals surface area contributed by atoms with Gasteiger partial charge in [0.05, 0.1) is 17.3 Å². The fourth-order valence-corrected chi connectivity index (χ4v) is 2.69. The Kier molecular flexibility index (Phi) is 4.13. The van der Waals surface area contributed by atoms with E-state index in [0.29, 0.717) is 5.02 Å². The number of benzene rings is 2. The molecule has 19 heavy (non-hydrogen) atoms. The lowest BCUT2D eigenvalue weighted by Crippen LogP contribution is -2.13. The highest BCUT2D eigenvalue weighted by Gasteiger charge is 2.14.